The van der Waals surface area contributed by atoms with Crippen molar-refractivity contribution in [2.45, 2.75) is 0 Å². The van der Waals surface area contributed by atoms with Gasteiger partial charge >= 0.3 is 0 Å². The summed E-state index contributed by atoms with van der Waals surface area (Å²) < 4.78 is 10.3. The van der Waals surface area contributed by atoms with Gasteiger partial charge in [-0.15, -0.1) is 0 Å². The largest absolute Gasteiger partial charge is 0.497 e. The molecule has 0 fully saturated rings. The van der Waals surface area contributed by atoms with Crippen molar-refractivity contribution >= 4 is 23.4 Å². The van der Waals surface area contributed by atoms with Crippen molar-refractivity contribution < 1.29 is 19.2 Å². The first kappa shape index (κ1) is 17.0. The lowest BCUT2D eigenvalue weighted by molar-refractivity contribution is -0.384. The molecule has 0 aliphatic carbocycles. The molecule has 0 heterocycles. The fourth-order valence-corrected chi connectivity index (χ4v) is 1.96. The molecule has 0 aromatic heterocycles. The predicted octanol–water partition coefficient (Wildman–Crippen LogP) is 3.26. The number of nitro groups is 1. The van der Waals surface area contributed by atoms with E-state index < -0.39 is 4.92 Å². The Balaban J connectivity index is 2.06. The molecule has 0 spiro atoms. The van der Waals surface area contributed by atoms with Crippen LogP contribution in [0.2, 0.25) is 0 Å². The number of nitro benzene ring substituents is 1. The number of amides is 1. The summed E-state index contributed by atoms with van der Waals surface area (Å²) in [4.78, 5) is 22.1. The number of non-ortho nitro benzene ring substituents is 1. The molecule has 0 radical (unpaired) electrons. The summed E-state index contributed by atoms with van der Waals surface area (Å²) in [6, 6.07) is 10.9. The fraction of sp³-hybridized carbons (Fsp3) is 0.118. The van der Waals surface area contributed by atoms with Crippen molar-refractivity contribution in [2.24, 2.45) is 0 Å². The van der Waals surface area contributed by atoms with Gasteiger partial charge in [0.15, 0.2) is 0 Å². The van der Waals surface area contributed by atoms with E-state index in [1.54, 1.807) is 43.5 Å². The number of methoxy groups -OCH3 is 2. The maximum absolute atomic E-state index is 12.0. The van der Waals surface area contributed by atoms with Crippen LogP contribution in [0.25, 0.3) is 6.08 Å². The number of carbonyl (C=O) groups is 1. The first-order chi connectivity index (χ1) is 11.5. The van der Waals surface area contributed by atoms with Crippen LogP contribution < -0.4 is 14.8 Å². The third-order valence-electron chi connectivity index (χ3n) is 3.20. The van der Waals surface area contributed by atoms with Crippen molar-refractivity contribution in [3.05, 3.63) is 64.2 Å². The first-order valence-corrected chi connectivity index (χ1v) is 6.99. The lowest BCUT2D eigenvalue weighted by Crippen LogP contribution is -2.09. The number of hydrogen-bond acceptors (Lipinski definition) is 5. The van der Waals surface area contributed by atoms with Crippen molar-refractivity contribution in [3.63, 3.8) is 0 Å². The normalized spacial score (nSPS) is 10.4. The van der Waals surface area contributed by atoms with E-state index in [-0.39, 0.29) is 11.6 Å². The SMILES string of the molecule is COc1ccc(NC(=O)C=Cc2ccc([N+](=O)[O-])cc2)c(OC)c1. The monoisotopic (exact) mass is 328 g/mol. The third kappa shape index (κ3) is 4.33. The van der Waals surface area contributed by atoms with Gasteiger partial charge in [-0.3, -0.25) is 14.9 Å². The molecule has 0 saturated carbocycles. The van der Waals surface area contributed by atoms with Crippen molar-refractivity contribution in [2.75, 3.05) is 19.5 Å². The molecule has 124 valence electrons. The standard InChI is InChI=1S/C17H16N2O5/c1-23-14-8-9-15(16(11-14)24-2)18-17(20)10-5-12-3-6-13(7-4-12)19(21)22/h3-11H,1-2H3,(H,18,20). The zero-order valence-corrected chi connectivity index (χ0v) is 13.2. The second-order valence-corrected chi connectivity index (χ2v) is 4.74. The smallest absolute Gasteiger partial charge is 0.269 e. The highest BCUT2D eigenvalue weighted by Gasteiger charge is 2.07. The summed E-state index contributed by atoms with van der Waals surface area (Å²) in [7, 11) is 3.04. The molecule has 7 nitrogen and oxygen atoms in total. The highest BCUT2D eigenvalue weighted by molar-refractivity contribution is 6.02. The Hall–Kier alpha value is -3.35. The fourth-order valence-electron chi connectivity index (χ4n) is 1.96. The van der Waals surface area contributed by atoms with Crippen LogP contribution in [-0.4, -0.2) is 25.1 Å². The number of hydrogen-bond donors (Lipinski definition) is 1. The molecule has 0 bridgehead atoms. The second kappa shape index (κ2) is 7.77. The van der Waals surface area contributed by atoms with Gasteiger partial charge < -0.3 is 14.8 Å². The second-order valence-electron chi connectivity index (χ2n) is 4.74. The number of nitrogens with zero attached hydrogens (tertiary/aromatic N) is 1. The van der Waals surface area contributed by atoms with Crippen LogP contribution in [0.3, 0.4) is 0 Å². The summed E-state index contributed by atoms with van der Waals surface area (Å²) >= 11 is 0. The van der Waals surface area contributed by atoms with Gasteiger partial charge in [0.25, 0.3) is 5.69 Å². The zero-order valence-electron chi connectivity index (χ0n) is 13.2. The quantitative estimate of drug-likeness (QED) is 0.499. The van der Waals surface area contributed by atoms with Crippen LogP contribution in [0.15, 0.2) is 48.5 Å². The predicted molar refractivity (Wildman–Crippen MR) is 90.3 cm³/mol. The average molecular weight is 328 g/mol. The highest BCUT2D eigenvalue weighted by atomic mass is 16.6. The van der Waals surface area contributed by atoms with Crippen molar-refractivity contribution in [3.8, 4) is 11.5 Å². The number of carbonyl (C=O) groups excluding carboxylic acids is 1. The summed E-state index contributed by atoms with van der Waals surface area (Å²) in [5, 5.41) is 13.3. The Morgan fingerprint density at radius 3 is 2.42 bits per heavy atom. The number of ether oxygens (including phenoxy) is 2. The van der Waals surface area contributed by atoms with Crippen LogP contribution in [0.4, 0.5) is 11.4 Å². The van der Waals surface area contributed by atoms with Gasteiger partial charge in [-0.2, -0.15) is 0 Å². The first-order valence-electron chi connectivity index (χ1n) is 6.99. The molecule has 7 heteroatoms. The van der Waals surface area contributed by atoms with E-state index in [4.69, 9.17) is 9.47 Å². The number of rotatable bonds is 6. The van der Waals surface area contributed by atoms with Gasteiger partial charge in [0.05, 0.1) is 24.8 Å². The molecule has 0 aliphatic heterocycles. The lowest BCUT2D eigenvalue weighted by Gasteiger charge is -2.10. The van der Waals surface area contributed by atoms with Crippen LogP contribution in [0, 0.1) is 10.1 Å². The lowest BCUT2D eigenvalue weighted by atomic mass is 10.2. The van der Waals surface area contributed by atoms with Gasteiger partial charge in [0, 0.05) is 24.3 Å². The molecule has 0 aliphatic rings. The molecule has 2 aromatic carbocycles. The molecular formula is C17H16N2O5. The maximum Gasteiger partial charge on any atom is 0.269 e. The van der Waals surface area contributed by atoms with Gasteiger partial charge in [-0.25, -0.2) is 0 Å². The topological polar surface area (TPSA) is 90.7 Å². The molecule has 2 aromatic rings. The van der Waals surface area contributed by atoms with Crippen molar-refractivity contribution in [1.29, 1.82) is 0 Å². The summed E-state index contributed by atoms with van der Waals surface area (Å²) in [5.74, 6) is 0.745. The molecule has 0 saturated heterocycles. The Kier molecular flexibility index (Phi) is 5.51. The molecule has 2 rings (SSSR count). The van der Waals surface area contributed by atoms with Crippen LogP contribution in [-0.2, 0) is 4.79 Å². The third-order valence-corrected chi connectivity index (χ3v) is 3.20. The average Bonchev–Trinajstić information content (AvgIpc) is 2.60. The minimum atomic E-state index is -0.476. The van der Waals surface area contributed by atoms with E-state index >= 15 is 0 Å². The van der Waals surface area contributed by atoms with Gasteiger partial charge in [-0.05, 0) is 35.9 Å². The summed E-state index contributed by atoms with van der Waals surface area (Å²) in [6.07, 6.45) is 2.90. The Morgan fingerprint density at radius 1 is 1.12 bits per heavy atom. The Labute approximate surface area is 138 Å². The van der Waals surface area contributed by atoms with E-state index in [0.717, 1.165) is 0 Å². The molecular weight excluding hydrogens is 312 g/mol. The van der Waals surface area contributed by atoms with Crippen LogP contribution >= 0.6 is 0 Å². The minimum Gasteiger partial charge on any atom is -0.497 e. The van der Waals surface area contributed by atoms with Crippen LogP contribution in [0.1, 0.15) is 5.56 Å². The van der Waals surface area contributed by atoms with E-state index in [0.29, 0.717) is 22.7 Å². The Bertz CT molecular complexity index is 769. The maximum atomic E-state index is 12.0. The molecule has 0 unspecified atom stereocenters. The molecule has 24 heavy (non-hydrogen) atoms. The van der Waals surface area contributed by atoms with E-state index in [1.165, 1.54) is 25.3 Å². The summed E-state index contributed by atoms with van der Waals surface area (Å²) in [6.45, 7) is 0. The van der Waals surface area contributed by atoms with Crippen molar-refractivity contribution in [1.82, 2.24) is 0 Å². The minimum absolute atomic E-state index is 0.000397. The van der Waals surface area contributed by atoms with Gasteiger partial charge in [0.2, 0.25) is 5.91 Å². The molecule has 1 amide bonds. The molecule has 1 N–H and O–H groups in total. The highest BCUT2D eigenvalue weighted by Crippen LogP contribution is 2.29. The number of benzene rings is 2. The van der Waals surface area contributed by atoms with E-state index in [2.05, 4.69) is 5.32 Å². The van der Waals surface area contributed by atoms with Gasteiger partial charge in [0.1, 0.15) is 11.5 Å². The van der Waals surface area contributed by atoms with E-state index in [9.17, 15) is 14.9 Å². The van der Waals surface area contributed by atoms with Crippen LogP contribution in [0.5, 0.6) is 11.5 Å². The number of nitrogens with one attached hydrogen (secondary N) is 1. The zero-order chi connectivity index (χ0) is 17.5. The van der Waals surface area contributed by atoms with E-state index in [1.807, 2.05) is 0 Å². The Morgan fingerprint density at radius 2 is 1.83 bits per heavy atom. The molecule has 0 atom stereocenters. The van der Waals surface area contributed by atoms with Gasteiger partial charge in [-0.1, -0.05) is 0 Å². The number of anilines is 1. The summed E-state index contributed by atoms with van der Waals surface area (Å²) in [5.41, 5.74) is 1.19.